The molecule has 1 amide bonds. The minimum atomic E-state index is -0.207. The van der Waals surface area contributed by atoms with Crippen LogP contribution in [0.1, 0.15) is 50.2 Å². The first kappa shape index (κ1) is 13.4. The van der Waals surface area contributed by atoms with Crippen molar-refractivity contribution in [3.05, 3.63) is 11.7 Å². The molecule has 1 aliphatic carbocycles. The molecule has 6 nitrogen and oxygen atoms in total. The molecule has 0 radical (unpaired) electrons. The molecule has 0 spiro atoms. The van der Waals surface area contributed by atoms with Crippen molar-refractivity contribution in [2.75, 3.05) is 19.7 Å². The van der Waals surface area contributed by atoms with Crippen molar-refractivity contribution in [2.24, 2.45) is 5.92 Å². The Balaban J connectivity index is 1.54. The standard InChI is InChI=1S/C14H21N3O3/c1-2-19-14(18)17-7-3-4-10(9-17)8-12-15-13(16-20-12)11-5-6-11/h10-11H,2-9H2,1H3/t10-/m0/s1. The quantitative estimate of drug-likeness (QED) is 0.846. The summed E-state index contributed by atoms with van der Waals surface area (Å²) in [6.07, 6.45) is 5.01. The monoisotopic (exact) mass is 279 g/mol. The lowest BCUT2D eigenvalue weighted by atomic mass is 9.95. The molecule has 0 N–H and O–H groups in total. The Kier molecular flexibility index (Phi) is 3.89. The van der Waals surface area contributed by atoms with Gasteiger partial charge in [0.05, 0.1) is 6.61 Å². The van der Waals surface area contributed by atoms with Gasteiger partial charge >= 0.3 is 6.09 Å². The van der Waals surface area contributed by atoms with E-state index in [-0.39, 0.29) is 6.09 Å². The summed E-state index contributed by atoms with van der Waals surface area (Å²) in [5.74, 6) is 2.48. The van der Waals surface area contributed by atoms with Gasteiger partial charge in [-0.05, 0) is 38.5 Å². The largest absolute Gasteiger partial charge is 0.450 e. The normalized spacial score (nSPS) is 22.9. The molecule has 1 aromatic rings. The van der Waals surface area contributed by atoms with Crippen molar-refractivity contribution < 1.29 is 14.1 Å². The predicted octanol–water partition coefficient (Wildman–Crippen LogP) is 2.36. The molecule has 1 aliphatic heterocycles. The van der Waals surface area contributed by atoms with Crippen LogP contribution < -0.4 is 0 Å². The van der Waals surface area contributed by atoms with Crippen LogP contribution in [0.2, 0.25) is 0 Å². The van der Waals surface area contributed by atoms with Crippen molar-refractivity contribution in [2.45, 2.75) is 44.9 Å². The van der Waals surface area contributed by atoms with Gasteiger partial charge in [0.1, 0.15) is 0 Å². The lowest BCUT2D eigenvalue weighted by molar-refractivity contribution is 0.0871. The summed E-state index contributed by atoms with van der Waals surface area (Å²) in [5, 5.41) is 4.04. The number of amides is 1. The van der Waals surface area contributed by atoms with Gasteiger partial charge in [-0.25, -0.2) is 4.79 Å². The van der Waals surface area contributed by atoms with E-state index in [1.165, 1.54) is 12.8 Å². The van der Waals surface area contributed by atoms with Gasteiger partial charge in [-0.2, -0.15) is 4.98 Å². The van der Waals surface area contributed by atoms with Crippen molar-refractivity contribution in [3.8, 4) is 0 Å². The summed E-state index contributed by atoms with van der Waals surface area (Å²) in [4.78, 5) is 18.0. The zero-order valence-electron chi connectivity index (χ0n) is 11.9. The Hall–Kier alpha value is -1.59. The van der Waals surface area contributed by atoms with Crippen LogP contribution in [0.3, 0.4) is 0 Å². The van der Waals surface area contributed by atoms with Gasteiger partial charge in [-0.1, -0.05) is 5.16 Å². The summed E-state index contributed by atoms with van der Waals surface area (Å²) in [7, 11) is 0. The molecule has 0 bridgehead atoms. The first-order chi connectivity index (χ1) is 9.76. The lowest BCUT2D eigenvalue weighted by Crippen LogP contribution is -2.40. The van der Waals surface area contributed by atoms with Crippen LogP contribution in [0.4, 0.5) is 4.79 Å². The van der Waals surface area contributed by atoms with E-state index in [9.17, 15) is 4.79 Å². The maximum Gasteiger partial charge on any atom is 0.409 e. The van der Waals surface area contributed by atoms with Crippen molar-refractivity contribution in [3.63, 3.8) is 0 Å². The van der Waals surface area contributed by atoms with Crippen LogP contribution in [-0.4, -0.2) is 40.8 Å². The van der Waals surface area contributed by atoms with Crippen LogP contribution in [0.25, 0.3) is 0 Å². The van der Waals surface area contributed by atoms with Gasteiger partial charge in [0, 0.05) is 25.4 Å². The molecule has 6 heteroatoms. The van der Waals surface area contributed by atoms with Crippen molar-refractivity contribution in [1.29, 1.82) is 0 Å². The average molecular weight is 279 g/mol. The maximum atomic E-state index is 11.8. The van der Waals surface area contributed by atoms with E-state index in [0.29, 0.717) is 24.3 Å². The van der Waals surface area contributed by atoms with Crippen molar-refractivity contribution in [1.82, 2.24) is 15.0 Å². The number of hydrogen-bond donors (Lipinski definition) is 0. The second-order valence-electron chi connectivity index (χ2n) is 5.68. The first-order valence-electron chi connectivity index (χ1n) is 7.50. The molecule has 1 atom stereocenters. The van der Waals surface area contributed by atoms with E-state index < -0.39 is 0 Å². The zero-order chi connectivity index (χ0) is 13.9. The number of ether oxygens (including phenoxy) is 1. The Morgan fingerprint density at radius 2 is 2.30 bits per heavy atom. The van der Waals surface area contributed by atoms with E-state index in [0.717, 1.165) is 38.2 Å². The molecule has 2 heterocycles. The fourth-order valence-corrected chi connectivity index (χ4v) is 2.72. The molecule has 2 aliphatic rings. The molecule has 0 unspecified atom stereocenters. The third-order valence-electron chi connectivity index (χ3n) is 3.93. The van der Waals surface area contributed by atoms with Gasteiger partial charge in [-0.15, -0.1) is 0 Å². The summed E-state index contributed by atoms with van der Waals surface area (Å²) >= 11 is 0. The van der Waals surface area contributed by atoms with Crippen LogP contribution in [0, 0.1) is 5.92 Å². The molecular weight excluding hydrogens is 258 g/mol. The van der Waals surface area contributed by atoms with Crippen molar-refractivity contribution >= 4 is 6.09 Å². The molecule has 1 saturated heterocycles. The number of rotatable bonds is 4. The van der Waals surface area contributed by atoms with Crippen LogP contribution in [0.15, 0.2) is 4.52 Å². The van der Waals surface area contributed by atoms with E-state index in [1.54, 1.807) is 4.90 Å². The fraction of sp³-hybridized carbons (Fsp3) is 0.786. The molecule has 3 rings (SSSR count). The Morgan fingerprint density at radius 3 is 3.05 bits per heavy atom. The SMILES string of the molecule is CCOC(=O)N1CCC[C@@H](Cc2nc(C3CC3)no2)C1. The molecule has 1 aromatic heterocycles. The summed E-state index contributed by atoms with van der Waals surface area (Å²) in [6.45, 7) is 3.76. The highest BCUT2D eigenvalue weighted by Gasteiger charge is 2.30. The summed E-state index contributed by atoms with van der Waals surface area (Å²) < 4.78 is 10.4. The number of carbonyl (C=O) groups is 1. The highest BCUT2D eigenvalue weighted by molar-refractivity contribution is 5.67. The van der Waals surface area contributed by atoms with E-state index in [4.69, 9.17) is 9.26 Å². The predicted molar refractivity (Wildman–Crippen MR) is 71.3 cm³/mol. The summed E-state index contributed by atoms with van der Waals surface area (Å²) in [5.41, 5.74) is 0. The number of hydrogen-bond acceptors (Lipinski definition) is 5. The molecular formula is C14H21N3O3. The van der Waals surface area contributed by atoms with Gasteiger partial charge < -0.3 is 14.2 Å². The molecule has 0 aromatic carbocycles. The first-order valence-corrected chi connectivity index (χ1v) is 7.50. The number of aromatic nitrogens is 2. The maximum absolute atomic E-state index is 11.8. The highest BCUT2D eigenvalue weighted by atomic mass is 16.6. The number of likely N-dealkylation sites (tertiary alicyclic amines) is 1. The zero-order valence-corrected chi connectivity index (χ0v) is 11.9. The van der Waals surface area contributed by atoms with E-state index >= 15 is 0 Å². The molecule has 20 heavy (non-hydrogen) atoms. The molecule has 110 valence electrons. The van der Waals surface area contributed by atoms with Gasteiger partial charge in [0.25, 0.3) is 0 Å². The minimum Gasteiger partial charge on any atom is -0.450 e. The lowest BCUT2D eigenvalue weighted by Gasteiger charge is -2.31. The highest BCUT2D eigenvalue weighted by Crippen LogP contribution is 2.38. The second kappa shape index (κ2) is 5.81. The van der Waals surface area contributed by atoms with Gasteiger partial charge in [-0.3, -0.25) is 0 Å². The molecule has 2 fully saturated rings. The van der Waals surface area contributed by atoms with Crippen LogP contribution in [0.5, 0.6) is 0 Å². The smallest absolute Gasteiger partial charge is 0.409 e. The Labute approximate surface area is 118 Å². The average Bonchev–Trinajstić information content (AvgIpc) is 3.20. The Morgan fingerprint density at radius 1 is 1.45 bits per heavy atom. The van der Waals surface area contributed by atoms with E-state index in [2.05, 4.69) is 10.1 Å². The van der Waals surface area contributed by atoms with Gasteiger partial charge in [0.2, 0.25) is 5.89 Å². The number of carbonyl (C=O) groups excluding carboxylic acids is 1. The number of nitrogens with zero attached hydrogens (tertiary/aromatic N) is 3. The van der Waals surface area contributed by atoms with E-state index in [1.807, 2.05) is 6.92 Å². The summed E-state index contributed by atoms with van der Waals surface area (Å²) in [6, 6.07) is 0. The second-order valence-corrected chi connectivity index (χ2v) is 5.68. The minimum absolute atomic E-state index is 0.207. The topological polar surface area (TPSA) is 68.5 Å². The van der Waals surface area contributed by atoms with Crippen LogP contribution >= 0.6 is 0 Å². The Bertz CT molecular complexity index is 470. The fourth-order valence-electron chi connectivity index (χ4n) is 2.72. The molecule has 1 saturated carbocycles. The number of piperidine rings is 1. The third-order valence-corrected chi connectivity index (χ3v) is 3.93. The van der Waals surface area contributed by atoms with Crippen LogP contribution in [-0.2, 0) is 11.2 Å². The van der Waals surface area contributed by atoms with Gasteiger partial charge in [0.15, 0.2) is 5.82 Å². The third kappa shape index (κ3) is 3.11.